The second-order valence-corrected chi connectivity index (χ2v) is 4.55. The van der Waals surface area contributed by atoms with Gasteiger partial charge in [-0.15, -0.1) is 0 Å². The predicted octanol–water partition coefficient (Wildman–Crippen LogP) is 1.78. The van der Waals surface area contributed by atoms with Gasteiger partial charge < -0.3 is 19.8 Å². The Morgan fingerprint density at radius 1 is 1.17 bits per heavy atom. The number of nitrogens with zero attached hydrogens (tertiary/aromatic N) is 2. The topological polar surface area (TPSA) is 107 Å². The first-order valence-corrected chi connectivity index (χ1v) is 6.42. The molecule has 0 aliphatic heterocycles. The SMILES string of the molecule is COC(=O)c1cc(-n2cc(C#N)c(N)c2C(=O)OC)c(F)cc1F. The van der Waals surface area contributed by atoms with Crippen LogP contribution in [0.25, 0.3) is 5.69 Å². The van der Waals surface area contributed by atoms with Crippen molar-refractivity contribution in [3.05, 3.63) is 46.8 Å². The van der Waals surface area contributed by atoms with Crippen LogP contribution in [0.15, 0.2) is 18.3 Å². The van der Waals surface area contributed by atoms with Gasteiger partial charge in [-0.25, -0.2) is 18.4 Å². The van der Waals surface area contributed by atoms with Crippen LogP contribution in [0.2, 0.25) is 0 Å². The van der Waals surface area contributed by atoms with E-state index in [1.807, 2.05) is 0 Å². The molecule has 0 amide bonds. The number of hydrogen-bond acceptors (Lipinski definition) is 6. The van der Waals surface area contributed by atoms with Crippen LogP contribution in [0, 0.1) is 23.0 Å². The van der Waals surface area contributed by atoms with Crippen molar-refractivity contribution in [3.63, 3.8) is 0 Å². The quantitative estimate of drug-likeness (QED) is 0.857. The van der Waals surface area contributed by atoms with E-state index >= 15 is 0 Å². The number of anilines is 1. The van der Waals surface area contributed by atoms with E-state index in [2.05, 4.69) is 9.47 Å². The van der Waals surface area contributed by atoms with E-state index in [1.165, 1.54) is 0 Å². The standard InChI is InChI=1S/C15H11F2N3O4/c1-23-14(21)8-3-11(10(17)4-9(8)16)20-6-7(5-18)12(19)13(20)15(22)24-2/h3-4,6H,19H2,1-2H3. The molecule has 0 spiro atoms. The highest BCUT2D eigenvalue weighted by molar-refractivity contribution is 5.96. The van der Waals surface area contributed by atoms with Crippen molar-refractivity contribution in [1.82, 2.24) is 4.57 Å². The number of carbonyl (C=O) groups is 2. The van der Waals surface area contributed by atoms with Crippen LogP contribution >= 0.6 is 0 Å². The molecule has 0 aliphatic carbocycles. The molecule has 0 saturated heterocycles. The number of ether oxygens (including phenoxy) is 2. The first kappa shape index (κ1) is 17.0. The van der Waals surface area contributed by atoms with Gasteiger partial charge in [0.15, 0.2) is 5.69 Å². The highest BCUT2D eigenvalue weighted by atomic mass is 19.1. The summed E-state index contributed by atoms with van der Waals surface area (Å²) in [6.07, 6.45) is 1.08. The molecule has 0 radical (unpaired) electrons. The van der Waals surface area contributed by atoms with Gasteiger partial charge in [0.1, 0.15) is 17.7 Å². The lowest BCUT2D eigenvalue weighted by molar-refractivity contribution is 0.0586. The van der Waals surface area contributed by atoms with Crippen LogP contribution in [0.3, 0.4) is 0 Å². The number of nitriles is 1. The van der Waals surface area contributed by atoms with Crippen LogP contribution in [0.4, 0.5) is 14.5 Å². The number of benzene rings is 1. The van der Waals surface area contributed by atoms with Crippen LogP contribution in [-0.4, -0.2) is 30.7 Å². The molecule has 0 atom stereocenters. The Hall–Kier alpha value is -3.41. The zero-order valence-corrected chi connectivity index (χ0v) is 12.6. The first-order chi connectivity index (χ1) is 11.3. The smallest absolute Gasteiger partial charge is 0.357 e. The minimum atomic E-state index is -1.14. The van der Waals surface area contributed by atoms with Crippen molar-refractivity contribution in [2.45, 2.75) is 0 Å². The van der Waals surface area contributed by atoms with Crippen LogP contribution in [0.5, 0.6) is 0 Å². The Bertz CT molecular complexity index is 884. The van der Waals surface area contributed by atoms with Gasteiger partial charge in [-0.1, -0.05) is 0 Å². The van der Waals surface area contributed by atoms with E-state index in [1.54, 1.807) is 6.07 Å². The summed E-state index contributed by atoms with van der Waals surface area (Å²) in [5.74, 6) is -4.18. The molecular weight excluding hydrogens is 324 g/mol. The number of nitrogens with two attached hydrogens (primary N) is 1. The van der Waals surface area contributed by atoms with E-state index in [9.17, 15) is 18.4 Å². The molecule has 9 heteroatoms. The van der Waals surface area contributed by atoms with E-state index < -0.39 is 29.1 Å². The Labute approximate surface area is 134 Å². The third-order valence-corrected chi connectivity index (χ3v) is 3.24. The first-order valence-electron chi connectivity index (χ1n) is 6.42. The van der Waals surface area contributed by atoms with Crippen molar-refractivity contribution in [3.8, 4) is 11.8 Å². The Balaban J connectivity index is 2.80. The third kappa shape index (κ3) is 2.65. The van der Waals surface area contributed by atoms with Crippen LogP contribution in [0.1, 0.15) is 26.4 Å². The van der Waals surface area contributed by atoms with Gasteiger partial charge in [0, 0.05) is 12.3 Å². The summed E-state index contributed by atoms with van der Waals surface area (Å²) in [6.45, 7) is 0. The van der Waals surface area contributed by atoms with Crippen LogP contribution < -0.4 is 5.73 Å². The maximum Gasteiger partial charge on any atom is 0.357 e. The Morgan fingerprint density at radius 2 is 1.79 bits per heavy atom. The molecule has 0 aliphatic rings. The van der Waals surface area contributed by atoms with E-state index in [0.29, 0.717) is 6.07 Å². The van der Waals surface area contributed by atoms with Gasteiger partial charge in [-0.05, 0) is 6.07 Å². The summed E-state index contributed by atoms with van der Waals surface area (Å²) < 4.78 is 37.8. The number of esters is 2. The monoisotopic (exact) mass is 335 g/mol. The molecule has 7 nitrogen and oxygen atoms in total. The summed E-state index contributed by atoms with van der Waals surface area (Å²) in [7, 11) is 2.11. The van der Waals surface area contributed by atoms with Crippen molar-refractivity contribution in [2.24, 2.45) is 0 Å². The Morgan fingerprint density at radius 3 is 2.33 bits per heavy atom. The number of aromatic nitrogens is 1. The fourth-order valence-electron chi connectivity index (χ4n) is 2.09. The minimum absolute atomic E-state index is 0.112. The van der Waals surface area contributed by atoms with Crippen LogP contribution in [-0.2, 0) is 9.47 Å². The molecule has 2 N–H and O–H groups in total. The molecule has 2 rings (SSSR count). The van der Waals surface area contributed by atoms with Crippen molar-refractivity contribution in [2.75, 3.05) is 20.0 Å². The number of carbonyl (C=O) groups excluding carboxylic acids is 2. The molecule has 0 saturated carbocycles. The molecule has 1 aromatic carbocycles. The average molecular weight is 335 g/mol. The number of methoxy groups -OCH3 is 2. The highest BCUT2D eigenvalue weighted by Gasteiger charge is 2.25. The molecular formula is C15H11F2N3O4. The van der Waals surface area contributed by atoms with E-state index in [4.69, 9.17) is 11.0 Å². The highest BCUT2D eigenvalue weighted by Crippen LogP contribution is 2.27. The average Bonchev–Trinajstić information content (AvgIpc) is 2.90. The minimum Gasteiger partial charge on any atom is -0.465 e. The number of hydrogen-bond donors (Lipinski definition) is 1. The van der Waals surface area contributed by atoms with Crippen molar-refractivity contribution >= 4 is 17.6 Å². The zero-order valence-electron chi connectivity index (χ0n) is 12.6. The number of rotatable bonds is 3. The summed E-state index contributed by atoms with van der Waals surface area (Å²) in [5.41, 5.74) is 4.12. The lowest BCUT2D eigenvalue weighted by Crippen LogP contribution is -2.13. The van der Waals surface area contributed by atoms with Gasteiger partial charge in [0.2, 0.25) is 0 Å². The molecule has 0 unspecified atom stereocenters. The van der Waals surface area contributed by atoms with Crippen molar-refractivity contribution < 1.29 is 27.8 Å². The van der Waals surface area contributed by atoms with Gasteiger partial charge in [-0.2, -0.15) is 5.26 Å². The zero-order chi connectivity index (χ0) is 18.0. The van der Waals surface area contributed by atoms with Crippen molar-refractivity contribution in [1.29, 1.82) is 5.26 Å². The molecule has 1 heterocycles. The number of halogens is 2. The van der Waals surface area contributed by atoms with Gasteiger partial charge >= 0.3 is 11.9 Å². The lowest BCUT2D eigenvalue weighted by Gasteiger charge is -2.11. The summed E-state index contributed by atoms with van der Waals surface area (Å²) >= 11 is 0. The molecule has 2 aromatic rings. The number of nitrogen functional groups attached to an aromatic ring is 1. The third-order valence-electron chi connectivity index (χ3n) is 3.24. The van der Waals surface area contributed by atoms with Gasteiger partial charge in [0.05, 0.1) is 36.7 Å². The lowest BCUT2D eigenvalue weighted by atomic mass is 10.1. The molecule has 124 valence electrons. The molecule has 0 fully saturated rings. The fourth-order valence-corrected chi connectivity index (χ4v) is 2.09. The van der Waals surface area contributed by atoms with E-state index in [0.717, 1.165) is 31.0 Å². The molecule has 24 heavy (non-hydrogen) atoms. The largest absolute Gasteiger partial charge is 0.465 e. The maximum absolute atomic E-state index is 14.2. The maximum atomic E-state index is 14.2. The second-order valence-electron chi connectivity index (χ2n) is 4.55. The second kappa shape index (κ2) is 6.37. The fraction of sp³-hybridized carbons (Fsp3) is 0.133. The Kier molecular flexibility index (Phi) is 4.50. The normalized spacial score (nSPS) is 10.1. The predicted molar refractivity (Wildman–Crippen MR) is 77.5 cm³/mol. The summed E-state index contributed by atoms with van der Waals surface area (Å²) in [6, 6.07) is 3.06. The van der Waals surface area contributed by atoms with Gasteiger partial charge in [0.25, 0.3) is 0 Å². The molecule has 1 aromatic heterocycles. The molecule has 0 bridgehead atoms. The van der Waals surface area contributed by atoms with Gasteiger partial charge in [-0.3, -0.25) is 0 Å². The van der Waals surface area contributed by atoms with E-state index in [-0.39, 0.29) is 22.6 Å². The summed E-state index contributed by atoms with van der Waals surface area (Å²) in [4.78, 5) is 23.5. The summed E-state index contributed by atoms with van der Waals surface area (Å²) in [5, 5.41) is 9.03.